The molecule has 0 amide bonds. The quantitative estimate of drug-likeness (QED) is 0.806. The van der Waals surface area contributed by atoms with Crippen molar-refractivity contribution in [2.24, 2.45) is 5.92 Å². The molecule has 106 valence electrons. The normalized spacial score (nSPS) is 17.8. The Labute approximate surface area is 120 Å². The summed E-state index contributed by atoms with van der Waals surface area (Å²) in [5, 5.41) is 4.07. The number of hydrogen-bond donors (Lipinski definition) is 1. The summed E-state index contributed by atoms with van der Waals surface area (Å²) in [6, 6.07) is 5.43. The zero-order chi connectivity index (χ0) is 13.7. The van der Waals surface area contributed by atoms with E-state index in [1.807, 2.05) is 6.07 Å². The number of nitrogens with one attached hydrogen (secondary N) is 1. The lowest BCUT2D eigenvalue weighted by Gasteiger charge is -2.25. The molecule has 1 aliphatic rings. The van der Waals surface area contributed by atoms with E-state index in [1.54, 1.807) is 6.07 Å². The SMILES string of the molecule is CCCNC(Cc1ccc(Cl)cc1F)C1CCCC1. The molecule has 0 bridgehead atoms. The van der Waals surface area contributed by atoms with Crippen LogP contribution in [0.2, 0.25) is 5.02 Å². The zero-order valence-electron chi connectivity index (χ0n) is 11.6. The Morgan fingerprint density at radius 1 is 1.37 bits per heavy atom. The average molecular weight is 284 g/mol. The summed E-state index contributed by atoms with van der Waals surface area (Å²) in [5.74, 6) is 0.524. The van der Waals surface area contributed by atoms with Crippen LogP contribution in [0.15, 0.2) is 18.2 Å². The minimum absolute atomic E-state index is 0.172. The van der Waals surface area contributed by atoms with Gasteiger partial charge in [0.05, 0.1) is 0 Å². The fourth-order valence-corrected chi connectivity index (χ4v) is 3.18. The highest BCUT2D eigenvalue weighted by Crippen LogP contribution is 2.30. The van der Waals surface area contributed by atoms with E-state index >= 15 is 0 Å². The first-order valence-electron chi connectivity index (χ1n) is 7.38. The van der Waals surface area contributed by atoms with E-state index in [0.29, 0.717) is 17.0 Å². The fourth-order valence-electron chi connectivity index (χ4n) is 3.02. The molecule has 0 aromatic heterocycles. The van der Waals surface area contributed by atoms with Crippen LogP contribution in [0.5, 0.6) is 0 Å². The average Bonchev–Trinajstić information content (AvgIpc) is 2.90. The van der Waals surface area contributed by atoms with Crippen LogP contribution in [0, 0.1) is 11.7 Å². The maximum Gasteiger partial charge on any atom is 0.127 e. The van der Waals surface area contributed by atoms with Crippen LogP contribution in [0.25, 0.3) is 0 Å². The van der Waals surface area contributed by atoms with Gasteiger partial charge >= 0.3 is 0 Å². The number of hydrogen-bond acceptors (Lipinski definition) is 1. The molecule has 19 heavy (non-hydrogen) atoms. The molecule has 0 saturated heterocycles. The van der Waals surface area contributed by atoms with Gasteiger partial charge in [-0.3, -0.25) is 0 Å². The van der Waals surface area contributed by atoms with E-state index in [9.17, 15) is 4.39 Å². The van der Waals surface area contributed by atoms with Gasteiger partial charge in [0, 0.05) is 11.1 Å². The molecule has 1 aliphatic carbocycles. The Bertz CT molecular complexity index is 402. The van der Waals surface area contributed by atoms with Crippen molar-refractivity contribution in [2.75, 3.05) is 6.54 Å². The summed E-state index contributed by atoms with van der Waals surface area (Å²) >= 11 is 5.81. The number of benzene rings is 1. The van der Waals surface area contributed by atoms with Gasteiger partial charge in [0.2, 0.25) is 0 Å². The van der Waals surface area contributed by atoms with E-state index in [2.05, 4.69) is 12.2 Å². The fraction of sp³-hybridized carbons (Fsp3) is 0.625. The van der Waals surface area contributed by atoms with E-state index in [4.69, 9.17) is 11.6 Å². The van der Waals surface area contributed by atoms with Crippen LogP contribution in [-0.2, 0) is 6.42 Å². The third-order valence-electron chi connectivity index (χ3n) is 4.08. The summed E-state index contributed by atoms with van der Waals surface area (Å²) in [7, 11) is 0. The maximum atomic E-state index is 13.9. The van der Waals surface area contributed by atoms with Gasteiger partial charge in [0.1, 0.15) is 5.82 Å². The van der Waals surface area contributed by atoms with Gasteiger partial charge in [-0.25, -0.2) is 4.39 Å². The first kappa shape index (κ1) is 14.8. The summed E-state index contributed by atoms with van der Waals surface area (Å²) in [4.78, 5) is 0. The Morgan fingerprint density at radius 3 is 2.74 bits per heavy atom. The van der Waals surface area contributed by atoms with Crippen molar-refractivity contribution < 1.29 is 4.39 Å². The van der Waals surface area contributed by atoms with Gasteiger partial charge in [-0.15, -0.1) is 0 Å². The molecule has 1 unspecified atom stereocenters. The van der Waals surface area contributed by atoms with E-state index < -0.39 is 0 Å². The molecule has 1 N–H and O–H groups in total. The molecule has 0 spiro atoms. The zero-order valence-corrected chi connectivity index (χ0v) is 12.3. The predicted molar refractivity (Wildman–Crippen MR) is 79.2 cm³/mol. The Morgan fingerprint density at radius 2 is 2.11 bits per heavy atom. The van der Waals surface area contributed by atoms with Crippen LogP contribution in [0.3, 0.4) is 0 Å². The van der Waals surface area contributed by atoms with Crippen molar-refractivity contribution >= 4 is 11.6 Å². The van der Waals surface area contributed by atoms with Crippen LogP contribution >= 0.6 is 11.6 Å². The lowest BCUT2D eigenvalue weighted by atomic mass is 9.92. The van der Waals surface area contributed by atoms with Gasteiger partial charge in [0.15, 0.2) is 0 Å². The number of rotatable bonds is 6. The Balaban J connectivity index is 2.05. The topological polar surface area (TPSA) is 12.0 Å². The second kappa shape index (κ2) is 7.25. The second-order valence-corrected chi connectivity index (χ2v) is 5.98. The van der Waals surface area contributed by atoms with E-state index in [-0.39, 0.29) is 5.82 Å². The molecule has 2 rings (SSSR count). The van der Waals surface area contributed by atoms with Gasteiger partial charge in [-0.05, 0) is 55.8 Å². The molecule has 1 aromatic carbocycles. The minimum Gasteiger partial charge on any atom is -0.313 e. The van der Waals surface area contributed by atoms with Crippen molar-refractivity contribution in [3.05, 3.63) is 34.6 Å². The third kappa shape index (κ3) is 4.19. The second-order valence-electron chi connectivity index (χ2n) is 5.55. The molecule has 1 aromatic rings. The highest BCUT2D eigenvalue weighted by Gasteiger charge is 2.25. The van der Waals surface area contributed by atoms with Gasteiger partial charge in [-0.2, -0.15) is 0 Å². The maximum absolute atomic E-state index is 13.9. The van der Waals surface area contributed by atoms with Crippen LogP contribution in [0.4, 0.5) is 4.39 Å². The summed E-state index contributed by atoms with van der Waals surface area (Å²) in [6.07, 6.45) is 7.07. The third-order valence-corrected chi connectivity index (χ3v) is 4.32. The molecule has 1 atom stereocenters. The summed E-state index contributed by atoms with van der Waals surface area (Å²) in [6.45, 7) is 3.18. The van der Waals surface area contributed by atoms with Gasteiger partial charge < -0.3 is 5.32 Å². The molecule has 0 aliphatic heterocycles. The van der Waals surface area contributed by atoms with Crippen LogP contribution in [0.1, 0.15) is 44.6 Å². The molecule has 1 fully saturated rings. The first-order valence-corrected chi connectivity index (χ1v) is 7.75. The van der Waals surface area contributed by atoms with Crippen LogP contribution in [-0.4, -0.2) is 12.6 Å². The molecule has 3 heteroatoms. The van der Waals surface area contributed by atoms with E-state index in [1.165, 1.54) is 31.7 Å². The van der Waals surface area contributed by atoms with Gasteiger partial charge in [0.25, 0.3) is 0 Å². The summed E-state index contributed by atoms with van der Waals surface area (Å²) < 4.78 is 13.9. The summed E-state index contributed by atoms with van der Waals surface area (Å²) in [5.41, 5.74) is 0.782. The van der Waals surface area contributed by atoms with Crippen LogP contribution < -0.4 is 5.32 Å². The van der Waals surface area contributed by atoms with Crippen molar-refractivity contribution in [3.63, 3.8) is 0 Å². The highest BCUT2D eigenvalue weighted by molar-refractivity contribution is 6.30. The number of halogens is 2. The standard InChI is InChI=1S/C16H23ClFN/c1-2-9-19-16(12-5-3-4-6-12)10-13-7-8-14(17)11-15(13)18/h7-8,11-12,16,19H,2-6,9-10H2,1H3. The van der Waals surface area contributed by atoms with Crippen molar-refractivity contribution in [2.45, 2.75) is 51.5 Å². The molecular formula is C16H23ClFN. The van der Waals surface area contributed by atoms with Crippen molar-refractivity contribution in [1.82, 2.24) is 5.32 Å². The molecule has 0 heterocycles. The predicted octanol–water partition coefficient (Wildman–Crippen LogP) is 4.58. The van der Waals surface area contributed by atoms with Gasteiger partial charge in [-0.1, -0.05) is 37.4 Å². The highest BCUT2D eigenvalue weighted by atomic mass is 35.5. The smallest absolute Gasteiger partial charge is 0.127 e. The molecular weight excluding hydrogens is 261 g/mol. The van der Waals surface area contributed by atoms with Crippen molar-refractivity contribution in [1.29, 1.82) is 0 Å². The Hall–Kier alpha value is -0.600. The monoisotopic (exact) mass is 283 g/mol. The molecule has 1 saturated carbocycles. The largest absolute Gasteiger partial charge is 0.313 e. The minimum atomic E-state index is -0.172. The molecule has 1 nitrogen and oxygen atoms in total. The van der Waals surface area contributed by atoms with Crippen molar-refractivity contribution in [3.8, 4) is 0 Å². The van der Waals surface area contributed by atoms with E-state index in [0.717, 1.165) is 24.9 Å². The lowest BCUT2D eigenvalue weighted by Crippen LogP contribution is -2.37. The Kier molecular flexibility index (Phi) is 5.65. The lowest BCUT2D eigenvalue weighted by molar-refractivity contribution is 0.353. The first-order chi connectivity index (χ1) is 9.20. The molecule has 0 radical (unpaired) electrons.